The zero-order chi connectivity index (χ0) is 76.0. The van der Waals surface area contributed by atoms with Crippen molar-refractivity contribution in [3.8, 4) is 0 Å². The van der Waals surface area contributed by atoms with E-state index in [0.717, 1.165) is 54.6 Å². The van der Waals surface area contributed by atoms with Gasteiger partial charge in [0.25, 0.3) is 0 Å². The van der Waals surface area contributed by atoms with Crippen molar-refractivity contribution in [2.75, 3.05) is 6.61 Å². The summed E-state index contributed by atoms with van der Waals surface area (Å²) in [5, 5.41) is 0. The number of carbonyl (C=O) groups excluding carboxylic acids is 2. The molecule has 9 nitrogen and oxygen atoms in total. The van der Waals surface area contributed by atoms with Crippen LogP contribution in [-0.4, -0.2) is 172 Å². The van der Waals surface area contributed by atoms with Gasteiger partial charge >= 0.3 is 507 Å². The summed E-state index contributed by atoms with van der Waals surface area (Å²) in [5.74, 6) is -135. The fourth-order valence-electron chi connectivity index (χ4n) is 8.67. The summed E-state index contributed by atoms with van der Waals surface area (Å²) in [6.45, 7) is -1.61. The van der Waals surface area contributed by atoms with Crippen molar-refractivity contribution in [1.29, 1.82) is 0 Å². The van der Waals surface area contributed by atoms with Crippen molar-refractivity contribution in [2.45, 2.75) is 165 Å². The number of benzene rings is 2. The van der Waals surface area contributed by atoms with Gasteiger partial charge in [-0.25, -0.2) is 0 Å². The number of esters is 2. The maximum atomic E-state index is 16.9. The molecule has 3 aromatic rings. The molecule has 1 saturated heterocycles. The fraction of sp³-hybridized carbons (Fsp3) is 0.617. The van der Waals surface area contributed by atoms with Gasteiger partial charge in [-0.15, -0.1) is 0 Å². The molecule has 1 fully saturated rings. The van der Waals surface area contributed by atoms with Gasteiger partial charge in [0.05, 0.1) is 0 Å². The zero-order valence-corrected chi connectivity index (χ0v) is 48.4. The number of hydrogen-bond acceptors (Lipinski definition) is 7. The van der Waals surface area contributed by atoms with Crippen LogP contribution >= 0.6 is 0 Å². The molecule has 50 heteroatoms. The first kappa shape index (κ1) is 83.4. The standard InChI is InChI=1S/C23H18FN2O7.3C8H4F13.Sn/c24-18-19(33-22(29)15-9-5-2-6-10-15)16(13-31-21(28)14-7-3-1-4-8-14)32-20(18)26-12-11-17(27)25-23(26)30;3*1-2-3(9,10)4(11,12)5(13,14)6(15,16)7(17,18)8(19,20)21;/h1-10,12,16,18-20H,13H2,(H,25,27,30);3*1-2H2;/t16-,18+,19-,20-;;;;/m1..../s1. The van der Waals surface area contributed by atoms with Gasteiger partial charge in [-0.3, -0.25) is 0 Å². The van der Waals surface area contributed by atoms with E-state index in [2.05, 4.69) is 0 Å². The third-order valence-electron chi connectivity index (χ3n) is 14.5. The van der Waals surface area contributed by atoms with E-state index in [-0.39, 0.29) is 0 Å². The van der Waals surface area contributed by atoms with Crippen LogP contribution in [0.25, 0.3) is 0 Å². The van der Waals surface area contributed by atoms with Gasteiger partial charge in [-0.1, -0.05) is 6.07 Å². The number of hydrogen-bond donors (Lipinski definition) is 1. The van der Waals surface area contributed by atoms with Crippen LogP contribution in [0.5, 0.6) is 0 Å². The average molecular weight is 1610 g/mol. The predicted molar refractivity (Wildman–Crippen MR) is 239 cm³/mol. The third-order valence-corrected chi connectivity index (χ3v) is 29.1. The van der Waals surface area contributed by atoms with Crippen LogP contribution in [0.2, 0.25) is 13.3 Å². The monoisotopic (exact) mass is 1610 g/mol. The molecule has 0 amide bonds. The first-order valence-corrected chi connectivity index (χ1v) is 32.4. The van der Waals surface area contributed by atoms with Crippen molar-refractivity contribution in [1.82, 2.24) is 9.55 Å². The van der Waals surface area contributed by atoms with E-state index >= 15 is 57.1 Å². The number of nitrogens with zero attached hydrogens (tertiary/aromatic N) is 1. The number of H-pyrrole nitrogens is 1. The molecule has 0 unspecified atom stereocenters. The number of nitrogens with one attached hydrogen (secondary N) is 1. The van der Waals surface area contributed by atoms with Crippen LogP contribution in [0.4, 0.5) is 176 Å². The predicted octanol–water partition coefficient (Wildman–Crippen LogP) is 15.9. The molecule has 0 aliphatic carbocycles. The molecule has 0 saturated carbocycles. The number of rotatable bonds is 28. The van der Waals surface area contributed by atoms with Gasteiger partial charge in [0, 0.05) is 0 Å². The number of alkyl halides is 40. The van der Waals surface area contributed by atoms with Crippen molar-refractivity contribution in [3.05, 3.63) is 98.8 Å². The van der Waals surface area contributed by atoms with E-state index < -0.39 is 238 Å². The first-order valence-electron chi connectivity index (χ1n) is 24.9. The summed E-state index contributed by atoms with van der Waals surface area (Å²) in [6, 6.07) is 10.1. The van der Waals surface area contributed by atoms with Gasteiger partial charge in [0.15, 0.2) is 0 Å². The van der Waals surface area contributed by atoms with Gasteiger partial charge in [-0.2, -0.15) is 0 Å². The van der Waals surface area contributed by atoms with Crippen LogP contribution < -0.4 is 14.8 Å². The maximum absolute atomic E-state index is 16.9. The van der Waals surface area contributed by atoms with Crippen LogP contribution in [-0.2, 0) is 14.2 Å². The van der Waals surface area contributed by atoms with Crippen molar-refractivity contribution in [2.24, 2.45) is 0 Å². The van der Waals surface area contributed by atoms with E-state index in [9.17, 15) is 138 Å². The quantitative estimate of drug-likeness (QED) is 0.0437. The van der Waals surface area contributed by atoms with E-state index in [1.54, 1.807) is 0 Å². The third kappa shape index (κ3) is 13.8. The van der Waals surface area contributed by atoms with E-state index in [1.807, 2.05) is 0 Å². The molecule has 1 aliphatic heterocycles. The Morgan fingerprint density at radius 3 is 1.01 bits per heavy atom. The summed E-state index contributed by atoms with van der Waals surface area (Å²) in [7, 11) is 0. The Balaban J connectivity index is 2.22. The van der Waals surface area contributed by atoms with E-state index in [0.29, 0.717) is 4.98 Å². The number of aromatic nitrogens is 2. The molecule has 2 aromatic carbocycles. The Hall–Kier alpha value is -5.98. The summed E-state index contributed by atoms with van der Waals surface area (Å²) >= 11 is -9.42. The second-order valence-corrected chi connectivity index (χ2v) is 33.8. The number of aromatic amines is 1. The van der Waals surface area contributed by atoms with Gasteiger partial charge < -0.3 is 0 Å². The summed E-state index contributed by atoms with van der Waals surface area (Å²) in [5.41, 5.74) is -7.03. The topological polar surface area (TPSA) is 117 Å². The Bertz CT molecular complexity index is 3210. The number of halogens is 40. The first-order chi connectivity index (χ1) is 42.9. The molecule has 0 radical (unpaired) electrons. The second-order valence-electron chi connectivity index (χ2n) is 20.7. The minimum atomic E-state index is -9.42. The Kier molecular flexibility index (Phi) is 22.3. The Labute approximate surface area is 512 Å². The van der Waals surface area contributed by atoms with Crippen LogP contribution in [0.3, 0.4) is 0 Å². The van der Waals surface area contributed by atoms with Crippen molar-refractivity contribution < 1.29 is 199 Å². The SMILES string of the molecule is O=C(OC[C@H]1O[C@@H](n2c[c]([Sn]([CH2]CC(F)(F)C(F)(F)C(F)(F)C(F)(F)C(F)(F)C(F)(F)F)([CH2]CC(F)(F)C(F)(F)C(F)(F)C(F)(F)C(F)(F)C(F)(F)F)[CH2]CC(F)(F)C(F)(F)C(F)(F)C(F)(F)C(F)(F)C(F)(F)F)c(=O)[nH]c2=O)[C@@H](F)[C@@H]1OC(=O)c1ccccc1)c1ccccc1. The molecule has 0 bridgehead atoms. The van der Waals surface area contributed by atoms with Crippen LogP contribution in [0, 0.1) is 0 Å². The molecule has 1 N–H and O–H groups in total. The fourth-order valence-corrected chi connectivity index (χ4v) is 22.6. The zero-order valence-electron chi connectivity index (χ0n) is 45.5. The normalized spacial score (nSPS) is 18.9. The Morgan fingerprint density at radius 2 is 0.711 bits per heavy atom. The molecular formula is C47H30F40N2O7Sn. The van der Waals surface area contributed by atoms with Gasteiger partial charge in [-0.05, 0) is 0 Å². The van der Waals surface area contributed by atoms with Crippen LogP contribution in [0.1, 0.15) is 46.2 Å². The molecule has 554 valence electrons. The van der Waals surface area contributed by atoms with Crippen LogP contribution in [0.15, 0.2) is 76.4 Å². The van der Waals surface area contributed by atoms with E-state index in [1.165, 1.54) is 6.07 Å². The number of carbonyl (C=O) groups is 2. The second kappa shape index (κ2) is 25.9. The van der Waals surface area contributed by atoms with Crippen molar-refractivity contribution in [3.63, 3.8) is 0 Å². The molecular weight excluding hydrogens is 1580 g/mol. The molecule has 4 atom stereocenters. The molecule has 1 aliphatic rings. The Morgan fingerprint density at radius 1 is 0.423 bits per heavy atom. The molecule has 0 spiro atoms. The minimum absolute atomic E-state index is 0.489. The molecule has 4 rings (SSSR count). The van der Waals surface area contributed by atoms with E-state index in [4.69, 9.17) is 14.2 Å². The average Bonchev–Trinajstić information content (AvgIpc) is 1.11. The molecule has 97 heavy (non-hydrogen) atoms. The summed E-state index contributed by atoms with van der Waals surface area (Å²) in [4.78, 5) is 53.9. The molecule has 1 aromatic heterocycles. The van der Waals surface area contributed by atoms with Gasteiger partial charge in [0.2, 0.25) is 0 Å². The number of ether oxygens (including phenoxy) is 3. The summed E-state index contributed by atoms with van der Waals surface area (Å²) < 4.78 is 577. The van der Waals surface area contributed by atoms with Gasteiger partial charge in [0.1, 0.15) is 0 Å². The molecule has 2 heterocycles. The van der Waals surface area contributed by atoms with Crippen molar-refractivity contribution >= 4 is 33.9 Å². The summed E-state index contributed by atoms with van der Waals surface area (Å²) in [6.07, 6.45) is -52.2.